The Balaban J connectivity index is 1.67. The zero-order valence-corrected chi connectivity index (χ0v) is 11.7. The van der Waals surface area contributed by atoms with Gasteiger partial charge in [-0.05, 0) is 25.8 Å². The van der Waals surface area contributed by atoms with Crippen molar-refractivity contribution in [3.8, 4) is 0 Å². The van der Waals surface area contributed by atoms with Crippen LogP contribution in [0.15, 0.2) is 0 Å². The number of nitrogens with one attached hydrogen (secondary N) is 1. The monoisotopic (exact) mass is 285 g/mol. The van der Waals surface area contributed by atoms with E-state index in [1.165, 1.54) is 12.8 Å². The van der Waals surface area contributed by atoms with Crippen molar-refractivity contribution in [2.75, 3.05) is 45.9 Å². The summed E-state index contributed by atoms with van der Waals surface area (Å²) >= 11 is 0. The van der Waals surface area contributed by atoms with E-state index in [-0.39, 0.29) is 19.2 Å². The molecule has 2 aliphatic rings. The number of aliphatic carboxylic acids is 1. The summed E-state index contributed by atoms with van der Waals surface area (Å²) in [5.41, 5.74) is 0. The number of carbonyl (C=O) groups excluding carboxylic acids is 1. The van der Waals surface area contributed by atoms with Gasteiger partial charge in [0.2, 0.25) is 0 Å². The predicted molar refractivity (Wildman–Crippen MR) is 72.6 cm³/mol. The summed E-state index contributed by atoms with van der Waals surface area (Å²) in [7, 11) is 0. The van der Waals surface area contributed by atoms with E-state index >= 15 is 0 Å². The number of carboxylic acids is 1. The largest absolute Gasteiger partial charge is 0.480 e. The molecule has 0 aromatic carbocycles. The first kappa shape index (κ1) is 15.1. The number of rotatable bonds is 5. The van der Waals surface area contributed by atoms with Crippen molar-refractivity contribution in [1.82, 2.24) is 15.1 Å². The van der Waals surface area contributed by atoms with Crippen molar-refractivity contribution >= 4 is 12.0 Å². The second-order valence-corrected chi connectivity index (χ2v) is 5.31. The third-order valence-electron chi connectivity index (χ3n) is 3.84. The Morgan fingerprint density at radius 2 is 2.05 bits per heavy atom. The van der Waals surface area contributed by atoms with E-state index in [1.54, 1.807) is 0 Å². The molecule has 2 N–H and O–H groups in total. The smallest absolute Gasteiger partial charge is 0.329 e. The molecule has 0 radical (unpaired) electrons. The SMILES string of the molecule is O=C(O)COCCNC(=O)N1CCCN2CCCC2C1. The number of hydrogen-bond donors (Lipinski definition) is 2. The third kappa shape index (κ3) is 4.35. The molecular formula is C13H23N3O4. The first-order chi connectivity index (χ1) is 9.66. The van der Waals surface area contributed by atoms with Gasteiger partial charge in [-0.3, -0.25) is 4.90 Å². The molecule has 0 aliphatic carbocycles. The quantitative estimate of drug-likeness (QED) is 0.693. The summed E-state index contributed by atoms with van der Waals surface area (Å²) in [5, 5.41) is 11.2. The molecule has 7 nitrogen and oxygen atoms in total. The summed E-state index contributed by atoms with van der Waals surface area (Å²) in [4.78, 5) is 26.7. The molecule has 0 bridgehead atoms. The molecule has 2 aliphatic heterocycles. The highest BCUT2D eigenvalue weighted by molar-refractivity contribution is 5.74. The maximum atomic E-state index is 12.1. The molecule has 7 heteroatoms. The van der Waals surface area contributed by atoms with Crippen molar-refractivity contribution in [3.05, 3.63) is 0 Å². The van der Waals surface area contributed by atoms with Crippen LogP contribution in [0.4, 0.5) is 4.79 Å². The van der Waals surface area contributed by atoms with Crippen LogP contribution in [-0.2, 0) is 9.53 Å². The van der Waals surface area contributed by atoms with Gasteiger partial charge in [0.1, 0.15) is 6.61 Å². The predicted octanol–water partition coefficient (Wildman–Crippen LogP) is -0.0327. The lowest BCUT2D eigenvalue weighted by Gasteiger charge is -2.25. The Labute approximate surface area is 118 Å². The Morgan fingerprint density at radius 1 is 1.25 bits per heavy atom. The molecule has 1 unspecified atom stereocenters. The zero-order valence-electron chi connectivity index (χ0n) is 11.7. The molecule has 0 aromatic heterocycles. The normalized spacial score (nSPS) is 23.2. The fourth-order valence-corrected chi connectivity index (χ4v) is 2.89. The molecule has 0 aromatic rings. The molecule has 20 heavy (non-hydrogen) atoms. The zero-order chi connectivity index (χ0) is 14.4. The number of amides is 2. The maximum Gasteiger partial charge on any atom is 0.329 e. The average Bonchev–Trinajstić information content (AvgIpc) is 2.75. The second-order valence-electron chi connectivity index (χ2n) is 5.31. The molecule has 114 valence electrons. The Hall–Kier alpha value is -1.34. The van der Waals surface area contributed by atoms with Gasteiger partial charge >= 0.3 is 12.0 Å². The summed E-state index contributed by atoms with van der Waals surface area (Å²) < 4.78 is 4.89. The van der Waals surface area contributed by atoms with Gasteiger partial charge in [-0.2, -0.15) is 0 Å². The summed E-state index contributed by atoms with van der Waals surface area (Å²) in [6.45, 7) is 4.06. The lowest BCUT2D eigenvalue weighted by Crippen LogP contribution is -2.45. The summed E-state index contributed by atoms with van der Waals surface area (Å²) in [6.07, 6.45) is 3.41. The molecule has 2 amide bonds. The molecule has 0 saturated carbocycles. The minimum absolute atomic E-state index is 0.0716. The van der Waals surface area contributed by atoms with Gasteiger partial charge in [0.25, 0.3) is 0 Å². The number of nitrogens with zero attached hydrogens (tertiary/aromatic N) is 2. The van der Waals surface area contributed by atoms with Crippen molar-refractivity contribution in [3.63, 3.8) is 0 Å². The van der Waals surface area contributed by atoms with Gasteiger partial charge in [-0.15, -0.1) is 0 Å². The molecule has 1 atom stereocenters. The van der Waals surface area contributed by atoms with Crippen LogP contribution in [0.3, 0.4) is 0 Å². The highest BCUT2D eigenvalue weighted by Gasteiger charge is 2.30. The maximum absolute atomic E-state index is 12.1. The molecule has 2 saturated heterocycles. The number of fused-ring (bicyclic) bond motifs is 1. The fraction of sp³-hybridized carbons (Fsp3) is 0.846. The molecule has 2 heterocycles. The van der Waals surface area contributed by atoms with Crippen LogP contribution < -0.4 is 5.32 Å². The van der Waals surface area contributed by atoms with Crippen LogP contribution >= 0.6 is 0 Å². The van der Waals surface area contributed by atoms with Gasteiger partial charge in [0.05, 0.1) is 6.61 Å². The van der Waals surface area contributed by atoms with Gasteiger partial charge in [0.15, 0.2) is 0 Å². The first-order valence-electron chi connectivity index (χ1n) is 7.23. The number of carboxylic acid groups (broad SMARTS) is 1. The van der Waals surface area contributed by atoms with Crippen LogP contribution in [0, 0.1) is 0 Å². The minimum Gasteiger partial charge on any atom is -0.480 e. The van der Waals surface area contributed by atoms with E-state index in [0.29, 0.717) is 12.6 Å². The van der Waals surface area contributed by atoms with Crippen LogP contribution in [0.5, 0.6) is 0 Å². The van der Waals surface area contributed by atoms with E-state index in [4.69, 9.17) is 9.84 Å². The number of urea groups is 1. The lowest BCUT2D eigenvalue weighted by molar-refractivity contribution is -0.142. The van der Waals surface area contributed by atoms with E-state index in [2.05, 4.69) is 10.2 Å². The third-order valence-corrected chi connectivity index (χ3v) is 3.84. The van der Waals surface area contributed by atoms with Crippen molar-refractivity contribution in [2.24, 2.45) is 0 Å². The van der Waals surface area contributed by atoms with Gasteiger partial charge in [0, 0.05) is 32.2 Å². The van der Waals surface area contributed by atoms with Gasteiger partial charge in [-0.1, -0.05) is 0 Å². The molecule has 0 spiro atoms. The number of ether oxygens (including phenoxy) is 1. The van der Waals surface area contributed by atoms with Crippen LogP contribution in [0.2, 0.25) is 0 Å². The summed E-state index contributed by atoms with van der Waals surface area (Å²) in [6, 6.07) is 0.434. The molecule has 2 rings (SSSR count). The van der Waals surface area contributed by atoms with Crippen LogP contribution in [0.25, 0.3) is 0 Å². The van der Waals surface area contributed by atoms with Crippen LogP contribution in [-0.4, -0.2) is 78.9 Å². The lowest BCUT2D eigenvalue weighted by atomic mass is 10.2. The first-order valence-corrected chi connectivity index (χ1v) is 7.23. The molecular weight excluding hydrogens is 262 g/mol. The van der Waals surface area contributed by atoms with E-state index < -0.39 is 5.97 Å². The summed E-state index contributed by atoms with van der Waals surface area (Å²) in [5.74, 6) is -0.995. The fourth-order valence-electron chi connectivity index (χ4n) is 2.89. The Bertz CT molecular complexity index is 351. The van der Waals surface area contributed by atoms with E-state index in [1.807, 2.05) is 4.90 Å². The standard InChI is InChI=1S/C13H23N3O4/c17-12(18)10-20-8-4-14-13(19)16-7-2-6-15-5-1-3-11(15)9-16/h11H,1-10H2,(H,14,19)(H,17,18). The highest BCUT2D eigenvalue weighted by atomic mass is 16.5. The van der Waals surface area contributed by atoms with Crippen LogP contribution in [0.1, 0.15) is 19.3 Å². The van der Waals surface area contributed by atoms with Crippen molar-refractivity contribution in [1.29, 1.82) is 0 Å². The average molecular weight is 285 g/mol. The van der Waals surface area contributed by atoms with Crippen molar-refractivity contribution < 1.29 is 19.4 Å². The van der Waals surface area contributed by atoms with Gasteiger partial charge < -0.3 is 20.1 Å². The number of hydrogen-bond acceptors (Lipinski definition) is 4. The molecule has 2 fully saturated rings. The van der Waals surface area contributed by atoms with E-state index in [9.17, 15) is 9.59 Å². The van der Waals surface area contributed by atoms with E-state index in [0.717, 1.165) is 32.6 Å². The second kappa shape index (κ2) is 7.44. The topological polar surface area (TPSA) is 82.1 Å². The minimum atomic E-state index is -0.995. The highest BCUT2D eigenvalue weighted by Crippen LogP contribution is 2.21. The van der Waals surface area contributed by atoms with Crippen molar-refractivity contribution in [2.45, 2.75) is 25.3 Å². The van der Waals surface area contributed by atoms with Gasteiger partial charge in [-0.25, -0.2) is 9.59 Å². The Kier molecular flexibility index (Phi) is 5.60. The Morgan fingerprint density at radius 3 is 2.85 bits per heavy atom. The number of carbonyl (C=O) groups is 2.